The molecule has 1 aromatic rings. The Hall–Kier alpha value is -2.83. The zero-order chi connectivity index (χ0) is 24.9. The predicted octanol–water partition coefficient (Wildman–Crippen LogP) is -0.103. The summed E-state index contributed by atoms with van der Waals surface area (Å²) in [6.07, 6.45) is -7.65. The van der Waals surface area contributed by atoms with E-state index >= 15 is 0 Å². The first-order valence-corrected chi connectivity index (χ1v) is 10.9. The highest BCUT2D eigenvalue weighted by atomic mass is 16.5. The second-order valence-corrected chi connectivity index (χ2v) is 9.11. The third-order valence-electron chi connectivity index (χ3n) is 7.40. The third-order valence-corrected chi connectivity index (χ3v) is 7.40. The number of fused-ring (bicyclic) bond motifs is 3. The second kappa shape index (κ2) is 7.33. The van der Waals surface area contributed by atoms with Gasteiger partial charge in [-0.25, -0.2) is 0 Å². The van der Waals surface area contributed by atoms with E-state index in [9.17, 15) is 39.9 Å². The third kappa shape index (κ3) is 2.67. The summed E-state index contributed by atoms with van der Waals surface area (Å²) in [6.45, 7) is 2.93. The van der Waals surface area contributed by atoms with Crippen molar-refractivity contribution in [3.8, 4) is 11.5 Å². The number of phenols is 2. The number of aromatic hydroxyl groups is 2. The molecule has 3 aliphatic heterocycles. The summed E-state index contributed by atoms with van der Waals surface area (Å²) in [4.78, 5) is 38.8. The lowest BCUT2D eigenvalue weighted by atomic mass is 9.66. The minimum absolute atomic E-state index is 0.0898. The maximum absolute atomic E-state index is 13.6. The predicted molar refractivity (Wildman–Crippen MR) is 110 cm³/mol. The summed E-state index contributed by atoms with van der Waals surface area (Å²) in [5.74, 6) is -3.91. The van der Waals surface area contributed by atoms with Gasteiger partial charge in [0.15, 0.2) is 11.6 Å². The van der Waals surface area contributed by atoms with Crippen molar-refractivity contribution in [2.45, 2.75) is 68.9 Å². The number of hydrogen-bond acceptors (Lipinski definition) is 11. The van der Waals surface area contributed by atoms with Crippen molar-refractivity contribution >= 4 is 17.5 Å². The number of rotatable bonds is 2. The number of Topliss-reactive ketones (excluding diaryl/α,β-unsaturated/α-hetero) is 2. The number of carbonyl (C=O) groups is 3. The molecule has 11 heteroatoms. The van der Waals surface area contributed by atoms with Gasteiger partial charge in [0.05, 0.1) is 55.2 Å². The van der Waals surface area contributed by atoms with Crippen molar-refractivity contribution in [1.29, 1.82) is 0 Å². The Bertz CT molecular complexity index is 1170. The maximum atomic E-state index is 13.6. The number of aliphatic hydroxyl groups is 3. The van der Waals surface area contributed by atoms with Crippen molar-refractivity contribution < 1.29 is 54.1 Å². The van der Waals surface area contributed by atoms with Gasteiger partial charge in [-0.1, -0.05) is 0 Å². The average Bonchev–Trinajstić information content (AvgIpc) is 2.77. The van der Waals surface area contributed by atoms with Crippen LogP contribution in [0.15, 0.2) is 11.1 Å². The van der Waals surface area contributed by atoms with E-state index in [1.165, 1.54) is 13.8 Å². The van der Waals surface area contributed by atoms with Crippen LogP contribution in [0.25, 0.3) is 0 Å². The molecule has 0 unspecified atom stereocenters. The Morgan fingerprint density at radius 2 is 1.68 bits per heavy atom. The number of aliphatic hydroxyl groups excluding tert-OH is 2. The summed E-state index contributed by atoms with van der Waals surface area (Å²) in [5.41, 5.74) is -4.12. The molecular formula is C23H24O11. The van der Waals surface area contributed by atoms with Gasteiger partial charge < -0.3 is 39.7 Å². The van der Waals surface area contributed by atoms with Crippen LogP contribution in [-0.2, 0) is 24.6 Å². The zero-order valence-electron chi connectivity index (χ0n) is 18.6. The van der Waals surface area contributed by atoms with E-state index in [-0.39, 0.29) is 35.1 Å². The molecule has 7 atom stereocenters. The second-order valence-electron chi connectivity index (χ2n) is 9.11. The summed E-state index contributed by atoms with van der Waals surface area (Å²) >= 11 is 0. The standard InChI is InChI=1S/C23H24O11/c1-6-12-14(18(26)9(33-6)5-11(25)32-3)21(29)15-16(19(12)27)22(30)17-13(20(15)28)8-4-10(24)23(17,31)7(2)34-8/h6-10,18,24,26,28,30-31H,4-5H2,1-3H3/t6-,7+,8+,9-,10+,18+,23-/m0/s1. The fourth-order valence-corrected chi connectivity index (χ4v) is 5.73. The van der Waals surface area contributed by atoms with Crippen LogP contribution >= 0.6 is 0 Å². The van der Waals surface area contributed by atoms with Crippen LogP contribution in [0.1, 0.15) is 64.6 Å². The largest absolute Gasteiger partial charge is 0.507 e. The van der Waals surface area contributed by atoms with Crippen LogP contribution in [0.2, 0.25) is 0 Å². The number of carbonyl (C=O) groups excluding carboxylic acids is 3. The molecule has 0 radical (unpaired) electrons. The Balaban J connectivity index is 1.72. The topological polar surface area (TPSA) is 180 Å². The summed E-state index contributed by atoms with van der Waals surface area (Å²) < 4.78 is 15.9. The highest BCUT2D eigenvalue weighted by Crippen LogP contribution is 2.59. The van der Waals surface area contributed by atoms with Gasteiger partial charge in [0.2, 0.25) is 0 Å². The molecule has 0 aromatic heterocycles. The van der Waals surface area contributed by atoms with Crippen LogP contribution in [0, 0.1) is 0 Å². The van der Waals surface area contributed by atoms with E-state index in [1.807, 2.05) is 0 Å². The Morgan fingerprint density at radius 3 is 2.29 bits per heavy atom. The van der Waals surface area contributed by atoms with Crippen LogP contribution in [0.3, 0.4) is 0 Å². The first kappa shape index (κ1) is 22.9. The molecule has 3 heterocycles. The van der Waals surface area contributed by atoms with Crippen LogP contribution in [-0.4, -0.2) is 80.7 Å². The molecular weight excluding hydrogens is 452 g/mol. The smallest absolute Gasteiger partial charge is 0.308 e. The van der Waals surface area contributed by atoms with Gasteiger partial charge >= 0.3 is 5.97 Å². The minimum Gasteiger partial charge on any atom is -0.507 e. The number of methoxy groups -OCH3 is 1. The molecule has 11 nitrogen and oxygen atoms in total. The number of hydrogen-bond donors (Lipinski definition) is 5. The molecule has 2 aliphatic carbocycles. The van der Waals surface area contributed by atoms with Crippen molar-refractivity contribution in [2.24, 2.45) is 0 Å². The Labute approximate surface area is 193 Å². The van der Waals surface area contributed by atoms with E-state index in [1.54, 1.807) is 0 Å². The lowest BCUT2D eigenvalue weighted by molar-refractivity contribution is -0.246. The van der Waals surface area contributed by atoms with Crippen LogP contribution in [0.4, 0.5) is 0 Å². The quantitative estimate of drug-likeness (QED) is 0.284. The van der Waals surface area contributed by atoms with Crippen molar-refractivity contribution in [2.75, 3.05) is 7.11 Å². The van der Waals surface area contributed by atoms with Crippen molar-refractivity contribution in [1.82, 2.24) is 0 Å². The summed E-state index contributed by atoms with van der Waals surface area (Å²) in [5, 5.41) is 54.9. The van der Waals surface area contributed by atoms with Crippen LogP contribution in [0.5, 0.6) is 11.5 Å². The van der Waals surface area contributed by atoms with E-state index in [0.29, 0.717) is 0 Å². The number of esters is 1. The fraction of sp³-hybridized carbons (Fsp3) is 0.522. The molecule has 1 fully saturated rings. The molecule has 5 N–H and O–H groups in total. The number of ketones is 2. The van der Waals surface area contributed by atoms with Gasteiger partial charge in [0, 0.05) is 28.7 Å². The maximum Gasteiger partial charge on any atom is 0.308 e. The molecule has 0 amide bonds. The number of ether oxygens (including phenoxy) is 3. The van der Waals surface area contributed by atoms with Gasteiger partial charge in [-0.3, -0.25) is 14.4 Å². The van der Waals surface area contributed by atoms with E-state index in [2.05, 4.69) is 4.74 Å². The van der Waals surface area contributed by atoms with Gasteiger partial charge in [0.25, 0.3) is 0 Å². The van der Waals surface area contributed by atoms with Gasteiger partial charge in [0.1, 0.15) is 23.2 Å². The Morgan fingerprint density at radius 1 is 1.06 bits per heavy atom. The lowest BCUT2D eigenvalue weighted by Crippen LogP contribution is -2.58. The van der Waals surface area contributed by atoms with Gasteiger partial charge in [-0.05, 0) is 13.8 Å². The zero-order valence-corrected chi connectivity index (χ0v) is 18.6. The normalized spacial score (nSPS) is 36.2. The van der Waals surface area contributed by atoms with Gasteiger partial charge in [-0.2, -0.15) is 0 Å². The molecule has 2 bridgehead atoms. The SMILES string of the molecule is COC(=O)C[C@@H]1O[C@@H](C)C2=C(C(=O)c3c(O)c4c(c(O)c3C2=O)[C@@]2(O)[C@H](O)C[C@H]4O[C@@H]2C)[C@@H]1O. The molecule has 6 rings (SSSR count). The molecule has 5 aliphatic rings. The minimum atomic E-state index is -2.13. The molecule has 1 aromatic carbocycles. The molecule has 1 saturated heterocycles. The summed E-state index contributed by atoms with van der Waals surface area (Å²) in [7, 11) is 1.16. The van der Waals surface area contributed by atoms with Crippen molar-refractivity contribution in [3.05, 3.63) is 33.4 Å². The lowest BCUT2D eigenvalue weighted by Gasteiger charge is -2.52. The van der Waals surface area contributed by atoms with Crippen molar-refractivity contribution in [3.63, 3.8) is 0 Å². The van der Waals surface area contributed by atoms with Crippen LogP contribution < -0.4 is 0 Å². The molecule has 0 spiro atoms. The van der Waals surface area contributed by atoms with E-state index < -0.39 is 82.4 Å². The molecule has 0 saturated carbocycles. The first-order valence-electron chi connectivity index (χ1n) is 10.9. The number of phenolic OH excluding ortho intramolecular Hbond substituents is 2. The monoisotopic (exact) mass is 476 g/mol. The summed E-state index contributed by atoms with van der Waals surface area (Å²) in [6, 6.07) is 0. The van der Waals surface area contributed by atoms with E-state index in [4.69, 9.17) is 9.47 Å². The average molecular weight is 476 g/mol. The fourth-order valence-electron chi connectivity index (χ4n) is 5.73. The highest BCUT2D eigenvalue weighted by Gasteiger charge is 2.60. The Kier molecular flexibility index (Phi) is 4.95. The highest BCUT2D eigenvalue weighted by molar-refractivity contribution is 6.30. The van der Waals surface area contributed by atoms with Gasteiger partial charge in [-0.15, -0.1) is 0 Å². The molecule has 182 valence electrons. The molecule has 34 heavy (non-hydrogen) atoms. The number of benzene rings is 1. The van der Waals surface area contributed by atoms with E-state index in [0.717, 1.165) is 7.11 Å². The first-order chi connectivity index (χ1) is 15.9.